The SMILES string of the molecule is [CH2-]OCC(O)CCOCCC(N)=O.[CH2-]OCC(O)CCOCCC(N)=O.[CH2-]OCC(O)CO[CH2-].[CH2-]OCC(O)CO[CH2-].[Rf].[Rf].[Rf]. The maximum absolute atomic E-state index is 10.3. The van der Waals surface area contributed by atoms with Gasteiger partial charge in [-0.3, -0.25) is 9.59 Å². The first kappa shape index (κ1) is 56.3. The van der Waals surface area contributed by atoms with Crippen molar-refractivity contribution in [1.29, 1.82) is 0 Å². The van der Waals surface area contributed by atoms with Crippen LogP contribution in [0.1, 0.15) is 25.7 Å². The van der Waals surface area contributed by atoms with Crippen LogP contribution in [0, 0.1) is 42.7 Å². The van der Waals surface area contributed by atoms with Gasteiger partial charge in [0.05, 0.1) is 37.6 Å². The van der Waals surface area contributed by atoms with Crippen LogP contribution in [0.25, 0.3) is 0 Å². The molecule has 0 spiro atoms. The van der Waals surface area contributed by atoms with Crippen LogP contribution in [-0.2, 0) is 47.5 Å². The number of hydrogen-bond donors (Lipinski definition) is 6. The molecule has 262 valence electrons. The van der Waals surface area contributed by atoms with Crippen LogP contribution in [0.3, 0.4) is 0 Å². The third-order valence-corrected chi connectivity index (χ3v) is 4.04. The van der Waals surface area contributed by atoms with Gasteiger partial charge in [-0.1, -0.05) is 0 Å². The number of hydrogen-bond acceptors (Lipinski definition) is 14. The fourth-order valence-electron chi connectivity index (χ4n) is 2.07. The molecule has 45 heavy (non-hydrogen) atoms. The normalized spacial score (nSPS) is 11.1. The summed E-state index contributed by atoms with van der Waals surface area (Å²) in [6.07, 6.45) is -0.987. The average molecular weight is 1420 g/mol. The molecule has 0 aromatic rings. The first-order valence-electron chi connectivity index (χ1n) is 12.6. The monoisotopic (exact) mass is 1420 g/mol. The second-order valence-corrected chi connectivity index (χ2v) is 8.07. The van der Waals surface area contributed by atoms with Crippen molar-refractivity contribution in [2.75, 3.05) is 66.1 Å². The molecule has 0 radical (unpaired) electrons. The van der Waals surface area contributed by atoms with Crippen molar-refractivity contribution in [3.05, 3.63) is 42.7 Å². The van der Waals surface area contributed by atoms with Crippen molar-refractivity contribution < 1.29 is 67.9 Å². The van der Waals surface area contributed by atoms with E-state index in [9.17, 15) is 9.59 Å². The molecule has 0 saturated carbocycles. The molecule has 8 N–H and O–H groups in total. The van der Waals surface area contributed by atoms with E-state index in [-0.39, 0.29) is 64.3 Å². The Bertz CT molecular complexity index is 507. The van der Waals surface area contributed by atoms with Gasteiger partial charge in [-0.15, -0.1) is 0 Å². The number of ether oxygens (including phenoxy) is 8. The molecule has 2 atom stereocenters. The fraction of sp³-hybridized carbons (Fsp3) is 0.692. The summed E-state index contributed by atoms with van der Waals surface area (Å²) in [5.41, 5.74) is 9.77. The summed E-state index contributed by atoms with van der Waals surface area (Å²) in [5.74, 6) is -0.775. The Morgan fingerprint density at radius 3 is 0.889 bits per heavy atom. The smallest absolute Gasteiger partial charge is 0.219 e. The molecule has 0 aromatic heterocycles. The van der Waals surface area contributed by atoms with E-state index in [2.05, 4.69) is 71.1 Å². The van der Waals surface area contributed by atoms with E-state index in [0.29, 0.717) is 39.3 Å². The average Bonchev–Trinajstić information content (AvgIpc) is 2.90. The van der Waals surface area contributed by atoms with Gasteiger partial charge < -0.3 is 69.8 Å². The number of aliphatic hydroxyl groups excluding tert-OH is 4. The van der Waals surface area contributed by atoms with Crippen molar-refractivity contribution in [3.8, 4) is 0 Å². The molecule has 0 aromatic carbocycles. The fourth-order valence-corrected chi connectivity index (χ4v) is 2.07. The van der Waals surface area contributed by atoms with Crippen LogP contribution < -0.4 is 11.5 Å². The number of aliphatic hydroxyl groups is 4. The van der Waals surface area contributed by atoms with E-state index < -0.39 is 24.4 Å². The Hall–Kier alpha value is -4.54. The third kappa shape index (κ3) is 63.8. The van der Waals surface area contributed by atoms with Crippen LogP contribution in [0.4, 0.5) is 0 Å². The standard InChI is InChI=1S/2C8H16NO4.2C5H10O3.3Rf/c2*1-12-6-7(10)2-4-13-5-3-8(9)11;2*1-7-3-5(6)4-8-2;;;/h2*7,10H,1-6H2,(H2,9,11);2*5-6H,1-4H2;;;/q2*-1;2*-2;;;. The van der Waals surface area contributed by atoms with Crippen LogP contribution in [0.2, 0.25) is 0 Å². The van der Waals surface area contributed by atoms with Gasteiger partial charge in [-0.25, -0.2) is 42.7 Å². The summed E-state index contributed by atoms with van der Waals surface area (Å²) >= 11 is 0. The minimum Gasteiger partial charge on any atom is -0.553 e. The van der Waals surface area contributed by atoms with Crippen LogP contribution in [0.5, 0.6) is 0 Å². The summed E-state index contributed by atoms with van der Waals surface area (Å²) < 4.78 is 36.4. The van der Waals surface area contributed by atoms with Crippen LogP contribution in [-0.4, -0.2) is 123 Å². The second kappa shape index (κ2) is 46.4. The first-order chi connectivity index (χ1) is 19.9. The zero-order valence-electron chi connectivity index (χ0n) is 26.6. The van der Waals surface area contributed by atoms with Gasteiger partial charge in [0, 0.05) is 65.7 Å². The number of amides is 2. The van der Waals surface area contributed by atoms with E-state index in [4.69, 9.17) is 41.4 Å². The number of carbonyl (C=O) groups is 2. The topological polar surface area (TPSA) is 241 Å². The molecule has 16 nitrogen and oxygen atoms in total. The zero-order chi connectivity index (χ0) is 33.0. The van der Waals surface area contributed by atoms with E-state index in [1.165, 1.54) is 0 Å². The van der Waals surface area contributed by atoms with Crippen LogP contribution in [0.15, 0.2) is 0 Å². The number of nitrogens with two attached hydrogens (primary N) is 2. The predicted molar refractivity (Wildman–Crippen MR) is 150 cm³/mol. The molecule has 0 aliphatic heterocycles. The van der Waals surface area contributed by atoms with Gasteiger partial charge in [-0.2, -0.15) is 0 Å². The second-order valence-electron chi connectivity index (χ2n) is 8.07. The Kier molecular flexibility index (Phi) is 58.0. The van der Waals surface area contributed by atoms with Crippen molar-refractivity contribution in [1.82, 2.24) is 0 Å². The Balaban J connectivity index is -0.0000000858. The molecule has 0 heterocycles. The minimum atomic E-state index is -0.606. The Morgan fingerprint density at radius 1 is 0.467 bits per heavy atom. The maximum Gasteiger partial charge on any atom is 0.219 e. The summed E-state index contributed by atoms with van der Waals surface area (Å²) in [6.45, 7) is 2.52. The molecule has 0 rings (SSSR count). The quantitative estimate of drug-likeness (QED) is 0.0492. The first-order valence-corrected chi connectivity index (χ1v) is 12.6. The maximum atomic E-state index is 10.3. The van der Waals surface area contributed by atoms with Gasteiger partial charge in [0.25, 0.3) is 0 Å². The van der Waals surface area contributed by atoms with Crippen molar-refractivity contribution >= 4 is 11.8 Å². The van der Waals surface area contributed by atoms with E-state index in [1.54, 1.807) is 0 Å². The van der Waals surface area contributed by atoms with Gasteiger partial charge in [0.1, 0.15) is 0 Å². The van der Waals surface area contributed by atoms with E-state index in [1.807, 2.05) is 0 Å². The molecular formula is C26H52N2O14Rf3-6. The number of primary amides is 2. The molecule has 0 aliphatic rings. The van der Waals surface area contributed by atoms with Crippen molar-refractivity contribution in [2.24, 2.45) is 11.5 Å². The van der Waals surface area contributed by atoms with Gasteiger partial charge in [0.2, 0.25) is 11.8 Å². The van der Waals surface area contributed by atoms with Gasteiger partial charge >= 0.3 is 0 Å². The molecule has 2 unspecified atom stereocenters. The summed E-state index contributed by atoms with van der Waals surface area (Å²) in [7, 11) is 18.6. The Morgan fingerprint density at radius 2 is 0.689 bits per heavy atom. The number of carbonyl (C=O) groups excluding carboxylic acids is 2. The largest absolute Gasteiger partial charge is 0.553 e. The molecule has 0 saturated heterocycles. The van der Waals surface area contributed by atoms with E-state index in [0.717, 1.165) is 0 Å². The molecule has 0 aliphatic carbocycles. The minimum absolute atomic E-state index is 0. The Labute approximate surface area is 250 Å². The number of rotatable bonds is 24. The molecule has 2 amide bonds. The summed E-state index contributed by atoms with van der Waals surface area (Å²) in [4.78, 5) is 20.5. The predicted octanol–water partition coefficient (Wildman–Crippen LogP) is -1.20. The summed E-state index contributed by atoms with van der Waals surface area (Å²) in [5, 5.41) is 35.7. The van der Waals surface area contributed by atoms with Crippen molar-refractivity contribution in [2.45, 2.75) is 50.1 Å². The molecular weight excluding hydrogens is 1370 g/mol. The van der Waals surface area contributed by atoms with Crippen molar-refractivity contribution in [3.63, 3.8) is 0 Å². The van der Waals surface area contributed by atoms with E-state index >= 15 is 0 Å². The molecule has 0 bridgehead atoms. The third-order valence-electron chi connectivity index (χ3n) is 4.04. The molecule has 19 heteroatoms. The summed E-state index contributed by atoms with van der Waals surface area (Å²) in [6, 6.07) is 0. The molecule has 0 fully saturated rings. The zero-order valence-corrected chi connectivity index (χ0v) is 45.8. The van der Waals surface area contributed by atoms with Gasteiger partial charge in [0.15, 0.2) is 0 Å². The van der Waals surface area contributed by atoms with Gasteiger partial charge in [-0.05, 0) is 12.8 Å². The van der Waals surface area contributed by atoms with Crippen LogP contribution >= 0.6 is 0 Å².